The number of hydrogen-bond donors (Lipinski definition) is 4. The highest BCUT2D eigenvalue weighted by Gasteiger charge is 2.40. The van der Waals surface area contributed by atoms with E-state index in [1.807, 2.05) is 0 Å². The van der Waals surface area contributed by atoms with Crippen molar-refractivity contribution in [3.05, 3.63) is 0 Å². The van der Waals surface area contributed by atoms with Crippen LogP contribution in [0.25, 0.3) is 0 Å². The molecule has 0 aromatic carbocycles. The predicted molar refractivity (Wildman–Crippen MR) is 96.5 cm³/mol. The first kappa shape index (κ1) is 24.7. The normalized spacial score (nSPS) is 15.9. The van der Waals surface area contributed by atoms with Gasteiger partial charge in [-0.1, -0.05) is 13.8 Å². The van der Waals surface area contributed by atoms with Crippen LogP contribution in [0.3, 0.4) is 0 Å². The minimum absolute atomic E-state index is 0.0294. The first-order valence-corrected chi connectivity index (χ1v) is 10.4. The van der Waals surface area contributed by atoms with Crippen molar-refractivity contribution in [1.82, 2.24) is 5.32 Å². The number of carbonyl (C=O) groups is 3. The fraction of sp³-hybridized carbons (Fsp3) is 0.812. The van der Waals surface area contributed by atoms with E-state index in [9.17, 15) is 28.9 Å². The molecule has 5 N–H and O–H groups in total. The third kappa shape index (κ3) is 10.0. The Bertz CT molecular complexity index is 525. The van der Waals surface area contributed by atoms with Crippen LogP contribution in [0, 0.1) is 5.92 Å². The summed E-state index contributed by atoms with van der Waals surface area (Å²) in [6, 6.07) is 0. The summed E-state index contributed by atoms with van der Waals surface area (Å²) in [4.78, 5) is 44.4. The molecule has 2 unspecified atom stereocenters. The molecule has 0 fully saturated rings. The highest BCUT2D eigenvalue weighted by molar-refractivity contribution is 7.53. The SMILES string of the molecule is CC(=O)CCCC(=O)N[C@H](C(C)C)P(=O)(O)OC(CCCCN)C(=O)O. The monoisotopic (exact) mass is 394 g/mol. The second-order valence-electron chi connectivity index (χ2n) is 6.59. The first-order valence-electron chi connectivity index (χ1n) is 8.73. The van der Waals surface area contributed by atoms with Gasteiger partial charge in [-0.2, -0.15) is 0 Å². The Kier molecular flexibility index (Phi) is 11.6. The van der Waals surface area contributed by atoms with Crippen LogP contribution in [0.4, 0.5) is 0 Å². The summed E-state index contributed by atoms with van der Waals surface area (Å²) in [6.07, 6.45) is 0.221. The Balaban J connectivity index is 4.95. The first-order chi connectivity index (χ1) is 12.0. The smallest absolute Gasteiger partial charge is 0.351 e. The zero-order chi connectivity index (χ0) is 20.3. The Morgan fingerprint density at radius 1 is 1.15 bits per heavy atom. The number of carboxylic acids is 1. The minimum Gasteiger partial charge on any atom is -0.479 e. The van der Waals surface area contributed by atoms with Gasteiger partial charge in [-0.05, 0) is 45.1 Å². The van der Waals surface area contributed by atoms with Gasteiger partial charge in [0.15, 0.2) is 6.10 Å². The molecule has 0 radical (unpaired) electrons. The van der Waals surface area contributed by atoms with E-state index < -0.39 is 37.3 Å². The molecule has 0 heterocycles. The molecule has 0 aliphatic rings. The molecule has 0 aliphatic carbocycles. The molecule has 0 aromatic heterocycles. The lowest BCUT2D eigenvalue weighted by atomic mass is 10.1. The van der Waals surface area contributed by atoms with Gasteiger partial charge < -0.3 is 25.8 Å². The van der Waals surface area contributed by atoms with Gasteiger partial charge in [-0.25, -0.2) is 4.79 Å². The fourth-order valence-electron chi connectivity index (χ4n) is 2.30. The van der Waals surface area contributed by atoms with Gasteiger partial charge in [0, 0.05) is 12.8 Å². The third-order valence-corrected chi connectivity index (χ3v) is 5.68. The van der Waals surface area contributed by atoms with Gasteiger partial charge in [0.05, 0.1) is 0 Å². The van der Waals surface area contributed by atoms with Crippen LogP contribution >= 0.6 is 7.60 Å². The number of amides is 1. The molecule has 0 saturated heterocycles. The van der Waals surface area contributed by atoms with Crippen molar-refractivity contribution in [2.45, 2.75) is 71.2 Å². The lowest BCUT2D eigenvalue weighted by Crippen LogP contribution is -2.40. The van der Waals surface area contributed by atoms with Crippen LogP contribution in [0.2, 0.25) is 0 Å². The van der Waals surface area contributed by atoms with Crippen molar-refractivity contribution in [3.8, 4) is 0 Å². The second kappa shape index (κ2) is 12.2. The molecule has 1 amide bonds. The van der Waals surface area contributed by atoms with Crippen molar-refractivity contribution in [2.24, 2.45) is 11.7 Å². The molecule has 0 spiro atoms. The largest absolute Gasteiger partial charge is 0.479 e. The molecule has 0 aliphatic heterocycles. The van der Waals surface area contributed by atoms with E-state index in [-0.39, 0.29) is 25.0 Å². The maximum atomic E-state index is 12.6. The summed E-state index contributed by atoms with van der Waals surface area (Å²) in [5.41, 5.74) is 5.36. The lowest BCUT2D eigenvalue weighted by molar-refractivity contribution is -0.145. The number of hydrogen-bond acceptors (Lipinski definition) is 6. The van der Waals surface area contributed by atoms with Crippen molar-refractivity contribution >= 4 is 25.3 Å². The number of unbranched alkanes of at least 4 members (excludes halogenated alkanes) is 1. The van der Waals surface area contributed by atoms with Gasteiger partial charge in [-0.15, -0.1) is 0 Å². The average molecular weight is 394 g/mol. The molecular formula is C16H31N2O7P. The zero-order valence-electron chi connectivity index (χ0n) is 15.6. The van der Waals surface area contributed by atoms with E-state index >= 15 is 0 Å². The number of aliphatic carboxylic acids is 1. The van der Waals surface area contributed by atoms with E-state index in [0.29, 0.717) is 25.8 Å². The number of nitrogens with two attached hydrogens (primary N) is 1. The van der Waals surface area contributed by atoms with Crippen LogP contribution in [0.5, 0.6) is 0 Å². The van der Waals surface area contributed by atoms with Crippen molar-refractivity contribution < 1.29 is 33.5 Å². The lowest BCUT2D eigenvalue weighted by Gasteiger charge is -2.28. The summed E-state index contributed by atoms with van der Waals surface area (Å²) >= 11 is 0. The zero-order valence-corrected chi connectivity index (χ0v) is 16.5. The van der Waals surface area contributed by atoms with Crippen LogP contribution in [0.15, 0.2) is 0 Å². The molecule has 0 saturated carbocycles. The number of carboxylic acid groups (broad SMARTS) is 1. The van der Waals surface area contributed by atoms with Crippen molar-refractivity contribution in [1.29, 1.82) is 0 Å². The van der Waals surface area contributed by atoms with Gasteiger partial charge >= 0.3 is 13.6 Å². The van der Waals surface area contributed by atoms with Crippen LogP contribution in [0.1, 0.15) is 59.3 Å². The van der Waals surface area contributed by atoms with E-state index in [1.165, 1.54) is 6.92 Å². The maximum Gasteiger partial charge on any atom is 0.351 e. The fourth-order valence-corrected chi connectivity index (χ4v) is 4.06. The van der Waals surface area contributed by atoms with Crippen molar-refractivity contribution in [3.63, 3.8) is 0 Å². The Morgan fingerprint density at radius 3 is 2.23 bits per heavy atom. The van der Waals surface area contributed by atoms with E-state index in [2.05, 4.69) is 5.32 Å². The van der Waals surface area contributed by atoms with E-state index in [1.54, 1.807) is 13.8 Å². The average Bonchev–Trinajstić information content (AvgIpc) is 2.50. The molecule has 10 heteroatoms. The minimum atomic E-state index is -4.43. The summed E-state index contributed by atoms with van der Waals surface area (Å²) in [6.45, 7) is 5.04. The number of Topliss-reactive ketones (excluding diaryl/α,β-unsaturated/α-hetero) is 1. The maximum absolute atomic E-state index is 12.6. The highest BCUT2D eigenvalue weighted by Crippen LogP contribution is 2.50. The van der Waals surface area contributed by atoms with Crippen LogP contribution < -0.4 is 11.1 Å². The molecule has 9 nitrogen and oxygen atoms in total. The number of nitrogens with one attached hydrogen (secondary N) is 1. The molecule has 152 valence electrons. The summed E-state index contributed by atoms with van der Waals surface area (Å²) in [7, 11) is -4.43. The highest BCUT2D eigenvalue weighted by atomic mass is 31.2. The topological polar surface area (TPSA) is 156 Å². The van der Waals surface area contributed by atoms with Gasteiger partial charge in [0.25, 0.3) is 0 Å². The molecule has 0 aromatic rings. The standard InChI is InChI=1S/C16H31N2O7P/c1-11(2)15(18-14(20)9-6-7-12(3)19)26(23,24)25-13(16(21)22)8-4-5-10-17/h11,13,15H,4-10,17H2,1-3H3,(H,18,20)(H,21,22)(H,23,24)/t13?,15-/m0/s1. The Labute approximate surface area is 154 Å². The van der Waals surface area contributed by atoms with Crippen molar-refractivity contribution in [2.75, 3.05) is 6.54 Å². The summed E-state index contributed by atoms with van der Waals surface area (Å²) < 4.78 is 17.6. The summed E-state index contributed by atoms with van der Waals surface area (Å²) in [5, 5.41) is 11.6. The van der Waals surface area contributed by atoms with E-state index in [0.717, 1.165) is 0 Å². The molecule has 0 bridgehead atoms. The predicted octanol–water partition coefficient (Wildman–Crippen LogP) is 1.63. The Hall–Kier alpha value is -1.28. The molecular weight excluding hydrogens is 363 g/mol. The molecule has 3 atom stereocenters. The third-order valence-electron chi connectivity index (χ3n) is 3.70. The van der Waals surface area contributed by atoms with Gasteiger partial charge in [0.2, 0.25) is 5.91 Å². The van der Waals surface area contributed by atoms with Crippen LogP contribution in [-0.2, 0) is 23.5 Å². The number of rotatable bonds is 14. The quantitative estimate of drug-likeness (QED) is 0.256. The second-order valence-corrected chi connectivity index (χ2v) is 8.49. The molecule has 0 rings (SSSR count). The summed E-state index contributed by atoms with van der Waals surface area (Å²) in [5.74, 6) is -3.56. The van der Waals surface area contributed by atoms with E-state index in [4.69, 9.17) is 10.3 Å². The molecule has 26 heavy (non-hydrogen) atoms. The van der Waals surface area contributed by atoms with Crippen LogP contribution in [-0.4, -0.2) is 46.1 Å². The number of carbonyl (C=O) groups excluding carboxylic acids is 2. The van der Waals surface area contributed by atoms with Gasteiger partial charge in [-0.3, -0.25) is 13.9 Å². The Morgan fingerprint density at radius 2 is 1.77 bits per heavy atom. The number of ketones is 1. The van der Waals surface area contributed by atoms with Gasteiger partial charge in [0.1, 0.15) is 11.6 Å².